The molecule has 2 rings (SSSR count). The predicted octanol–water partition coefficient (Wildman–Crippen LogP) is 2.74. The molecule has 0 aliphatic rings. The van der Waals surface area contributed by atoms with E-state index in [9.17, 15) is 4.79 Å². The maximum absolute atomic E-state index is 11.3. The van der Waals surface area contributed by atoms with Crippen molar-refractivity contribution in [2.75, 3.05) is 0 Å². The van der Waals surface area contributed by atoms with E-state index in [0.29, 0.717) is 0 Å². The lowest BCUT2D eigenvalue weighted by Gasteiger charge is -2.04. The summed E-state index contributed by atoms with van der Waals surface area (Å²) in [5.41, 5.74) is 2.26. The second-order valence-corrected chi connectivity index (χ2v) is 3.55. The van der Waals surface area contributed by atoms with Gasteiger partial charge in [-0.2, -0.15) is 0 Å². The van der Waals surface area contributed by atoms with Crippen LogP contribution in [0.15, 0.2) is 48.7 Å². The zero-order valence-electron chi connectivity index (χ0n) is 8.68. The van der Waals surface area contributed by atoms with E-state index < -0.39 is 0 Å². The lowest BCUT2D eigenvalue weighted by Crippen LogP contribution is -2.08. The normalized spacial score (nSPS) is 10.2. The summed E-state index contributed by atoms with van der Waals surface area (Å²) in [6, 6.07) is 14.0. The van der Waals surface area contributed by atoms with E-state index in [0.717, 1.165) is 12.1 Å². The smallest absolute Gasteiger partial charge is 0.227 e. The number of nitrogens with zero attached hydrogens (tertiary/aromatic N) is 1. The Balaban J connectivity index is 2.25. The Labute approximate surface area is 89.2 Å². The highest BCUT2D eigenvalue weighted by atomic mass is 16.1. The number of rotatable bonds is 2. The number of hydrogen-bond donors (Lipinski definition) is 0. The van der Waals surface area contributed by atoms with Crippen LogP contribution in [0.2, 0.25) is 0 Å². The van der Waals surface area contributed by atoms with Crippen LogP contribution in [0.25, 0.3) is 0 Å². The first-order valence-corrected chi connectivity index (χ1v) is 4.98. The van der Waals surface area contributed by atoms with E-state index in [-0.39, 0.29) is 5.91 Å². The van der Waals surface area contributed by atoms with Crippen molar-refractivity contribution in [1.82, 2.24) is 4.57 Å². The first-order valence-electron chi connectivity index (χ1n) is 4.98. The zero-order valence-corrected chi connectivity index (χ0v) is 8.68. The van der Waals surface area contributed by atoms with Gasteiger partial charge in [0.2, 0.25) is 5.91 Å². The number of carbonyl (C=O) groups excluding carboxylic acids is 1. The van der Waals surface area contributed by atoms with Crippen LogP contribution in [-0.4, -0.2) is 10.5 Å². The molecule has 1 aromatic heterocycles. The summed E-state index contributed by atoms with van der Waals surface area (Å²) in [5, 5.41) is 0. The quantitative estimate of drug-likeness (QED) is 0.729. The van der Waals surface area contributed by atoms with Crippen molar-refractivity contribution in [1.29, 1.82) is 0 Å². The molecule has 0 aliphatic heterocycles. The highest BCUT2D eigenvalue weighted by molar-refractivity contribution is 5.77. The number of carbonyl (C=O) groups is 1. The molecule has 0 radical (unpaired) electrons. The van der Waals surface area contributed by atoms with Crippen LogP contribution in [0.5, 0.6) is 0 Å². The third-order valence-corrected chi connectivity index (χ3v) is 2.40. The van der Waals surface area contributed by atoms with Gasteiger partial charge in [0.1, 0.15) is 0 Å². The SMILES string of the molecule is CC(=O)n1cccc1Cc1ccccc1. The Bertz CT molecular complexity index is 456. The fraction of sp³-hybridized carbons (Fsp3) is 0.154. The largest absolute Gasteiger partial charge is 0.292 e. The molecule has 2 aromatic rings. The number of hydrogen-bond acceptors (Lipinski definition) is 1. The summed E-state index contributed by atoms with van der Waals surface area (Å²) in [4.78, 5) is 11.3. The highest BCUT2D eigenvalue weighted by Crippen LogP contribution is 2.10. The van der Waals surface area contributed by atoms with Gasteiger partial charge in [0.25, 0.3) is 0 Å². The topological polar surface area (TPSA) is 22.0 Å². The second-order valence-electron chi connectivity index (χ2n) is 3.55. The molecule has 0 unspecified atom stereocenters. The monoisotopic (exact) mass is 199 g/mol. The van der Waals surface area contributed by atoms with Gasteiger partial charge in [-0.05, 0) is 17.7 Å². The minimum atomic E-state index is 0.0610. The van der Waals surface area contributed by atoms with E-state index in [1.807, 2.05) is 30.3 Å². The Kier molecular flexibility index (Phi) is 2.68. The van der Waals surface area contributed by atoms with Crippen molar-refractivity contribution in [3.8, 4) is 0 Å². The molecule has 0 N–H and O–H groups in total. The van der Waals surface area contributed by atoms with E-state index in [4.69, 9.17) is 0 Å². The average molecular weight is 199 g/mol. The van der Waals surface area contributed by atoms with Gasteiger partial charge in [0, 0.05) is 25.2 Å². The highest BCUT2D eigenvalue weighted by Gasteiger charge is 2.04. The Hall–Kier alpha value is -1.83. The Morgan fingerprint density at radius 2 is 1.87 bits per heavy atom. The predicted molar refractivity (Wildman–Crippen MR) is 60.0 cm³/mol. The van der Waals surface area contributed by atoms with Crippen molar-refractivity contribution >= 4 is 5.91 Å². The summed E-state index contributed by atoms with van der Waals surface area (Å²) in [7, 11) is 0. The Morgan fingerprint density at radius 3 is 2.53 bits per heavy atom. The van der Waals surface area contributed by atoms with Gasteiger partial charge in [-0.1, -0.05) is 30.3 Å². The summed E-state index contributed by atoms with van der Waals surface area (Å²) in [6.07, 6.45) is 2.61. The zero-order chi connectivity index (χ0) is 10.7. The third-order valence-electron chi connectivity index (χ3n) is 2.40. The number of benzene rings is 1. The van der Waals surface area contributed by atoms with Gasteiger partial charge in [-0.3, -0.25) is 9.36 Å². The molecule has 15 heavy (non-hydrogen) atoms. The molecular weight excluding hydrogens is 186 g/mol. The first kappa shape index (κ1) is 9.71. The number of aromatic nitrogens is 1. The molecule has 0 amide bonds. The van der Waals surface area contributed by atoms with Gasteiger partial charge >= 0.3 is 0 Å². The molecule has 76 valence electrons. The van der Waals surface area contributed by atoms with Crippen LogP contribution in [0.4, 0.5) is 0 Å². The lowest BCUT2D eigenvalue weighted by atomic mass is 10.1. The van der Waals surface area contributed by atoms with E-state index in [2.05, 4.69) is 12.1 Å². The van der Waals surface area contributed by atoms with Crippen molar-refractivity contribution < 1.29 is 4.79 Å². The van der Waals surface area contributed by atoms with Crippen LogP contribution in [-0.2, 0) is 6.42 Å². The lowest BCUT2D eigenvalue weighted by molar-refractivity contribution is 0.0934. The summed E-state index contributed by atoms with van der Waals surface area (Å²) in [5.74, 6) is 0.0610. The van der Waals surface area contributed by atoms with Crippen LogP contribution >= 0.6 is 0 Å². The summed E-state index contributed by atoms with van der Waals surface area (Å²) < 4.78 is 1.69. The molecule has 0 atom stereocenters. The molecule has 0 saturated carbocycles. The van der Waals surface area contributed by atoms with Crippen molar-refractivity contribution in [2.45, 2.75) is 13.3 Å². The molecule has 2 nitrogen and oxygen atoms in total. The molecule has 0 bridgehead atoms. The van der Waals surface area contributed by atoms with Gasteiger partial charge in [0.05, 0.1) is 0 Å². The molecular formula is C13H13NO. The second kappa shape index (κ2) is 4.13. The van der Waals surface area contributed by atoms with Gasteiger partial charge in [0.15, 0.2) is 0 Å². The maximum atomic E-state index is 11.3. The molecule has 0 aliphatic carbocycles. The van der Waals surface area contributed by atoms with Gasteiger partial charge in [-0.15, -0.1) is 0 Å². The van der Waals surface area contributed by atoms with Crippen LogP contribution < -0.4 is 0 Å². The summed E-state index contributed by atoms with van der Waals surface area (Å²) >= 11 is 0. The van der Waals surface area contributed by atoms with Crippen LogP contribution in [0.3, 0.4) is 0 Å². The van der Waals surface area contributed by atoms with E-state index >= 15 is 0 Å². The molecule has 2 heteroatoms. The Morgan fingerprint density at radius 1 is 1.13 bits per heavy atom. The van der Waals surface area contributed by atoms with Crippen molar-refractivity contribution in [3.05, 3.63) is 59.9 Å². The molecule has 0 saturated heterocycles. The van der Waals surface area contributed by atoms with Crippen molar-refractivity contribution in [2.24, 2.45) is 0 Å². The standard InChI is InChI=1S/C13H13NO/c1-11(15)14-9-5-8-13(14)10-12-6-3-2-4-7-12/h2-9H,10H2,1H3. The fourth-order valence-corrected chi connectivity index (χ4v) is 1.67. The van der Waals surface area contributed by atoms with Crippen LogP contribution in [0.1, 0.15) is 23.0 Å². The van der Waals surface area contributed by atoms with E-state index in [1.54, 1.807) is 17.7 Å². The molecule has 0 fully saturated rings. The van der Waals surface area contributed by atoms with Gasteiger partial charge in [-0.25, -0.2) is 0 Å². The maximum Gasteiger partial charge on any atom is 0.227 e. The minimum Gasteiger partial charge on any atom is -0.292 e. The molecule has 0 spiro atoms. The third kappa shape index (κ3) is 2.15. The minimum absolute atomic E-state index is 0.0610. The van der Waals surface area contributed by atoms with Crippen molar-refractivity contribution in [3.63, 3.8) is 0 Å². The molecule has 1 aromatic carbocycles. The first-order chi connectivity index (χ1) is 7.27. The van der Waals surface area contributed by atoms with E-state index in [1.165, 1.54) is 5.56 Å². The van der Waals surface area contributed by atoms with Gasteiger partial charge < -0.3 is 0 Å². The average Bonchev–Trinajstić information content (AvgIpc) is 2.67. The van der Waals surface area contributed by atoms with Crippen LogP contribution in [0, 0.1) is 0 Å². The fourth-order valence-electron chi connectivity index (χ4n) is 1.67. The summed E-state index contributed by atoms with van der Waals surface area (Å²) in [6.45, 7) is 1.58. The molecule has 1 heterocycles.